The zero-order valence-electron chi connectivity index (χ0n) is 15.5. The fourth-order valence-electron chi connectivity index (χ4n) is 2.81. The van der Waals surface area contributed by atoms with Gasteiger partial charge in [0.05, 0.1) is 11.0 Å². The van der Waals surface area contributed by atoms with Gasteiger partial charge in [0.15, 0.2) is 11.8 Å². The van der Waals surface area contributed by atoms with Crippen LogP contribution in [-0.2, 0) is 13.1 Å². The molecule has 0 aliphatic carbocycles. The second-order valence-corrected chi connectivity index (χ2v) is 6.01. The Hall–Kier alpha value is -2.90. The Kier molecular flexibility index (Phi) is 5.83. The zero-order chi connectivity index (χ0) is 18.4. The second-order valence-electron chi connectivity index (χ2n) is 6.01. The summed E-state index contributed by atoms with van der Waals surface area (Å²) in [6.07, 6.45) is 0.964. The van der Waals surface area contributed by atoms with Crippen LogP contribution in [0.1, 0.15) is 30.9 Å². The zero-order valence-corrected chi connectivity index (χ0v) is 15.5. The molecule has 3 rings (SSSR count). The minimum absolute atomic E-state index is 0.363. The molecule has 0 atom stereocenters. The first-order valence-corrected chi connectivity index (χ1v) is 8.90. The van der Waals surface area contributed by atoms with Gasteiger partial charge in [-0.05, 0) is 39.3 Å². The van der Waals surface area contributed by atoms with E-state index in [4.69, 9.17) is 4.52 Å². The van der Waals surface area contributed by atoms with E-state index in [1.54, 1.807) is 6.92 Å². The molecule has 26 heavy (non-hydrogen) atoms. The molecular weight excluding hydrogens is 330 g/mol. The number of nitrogens with zero attached hydrogens (tertiary/aromatic N) is 5. The van der Waals surface area contributed by atoms with Crippen LogP contribution in [0.5, 0.6) is 0 Å². The maximum absolute atomic E-state index is 5.09. The highest BCUT2D eigenvalue weighted by molar-refractivity contribution is 5.79. The Bertz CT molecular complexity index is 881. The lowest BCUT2D eigenvalue weighted by Gasteiger charge is -2.12. The van der Waals surface area contributed by atoms with Crippen molar-refractivity contribution in [2.75, 3.05) is 13.1 Å². The molecule has 0 fully saturated rings. The van der Waals surface area contributed by atoms with E-state index >= 15 is 0 Å². The maximum atomic E-state index is 5.09. The van der Waals surface area contributed by atoms with E-state index in [0.717, 1.165) is 43.4 Å². The monoisotopic (exact) mass is 355 g/mol. The van der Waals surface area contributed by atoms with Gasteiger partial charge in [-0.25, -0.2) is 9.98 Å². The average molecular weight is 355 g/mol. The number of nitrogens with one attached hydrogen (secondary N) is 2. The smallest absolute Gasteiger partial charge is 0.248 e. The molecule has 2 aromatic heterocycles. The molecular formula is C18H25N7O. The van der Waals surface area contributed by atoms with E-state index in [9.17, 15) is 0 Å². The molecule has 0 radical (unpaired) electrons. The van der Waals surface area contributed by atoms with Crippen molar-refractivity contribution in [1.29, 1.82) is 0 Å². The summed E-state index contributed by atoms with van der Waals surface area (Å²) in [5, 5.41) is 10.3. The highest BCUT2D eigenvalue weighted by Crippen LogP contribution is 2.15. The van der Waals surface area contributed by atoms with Crippen molar-refractivity contribution in [1.82, 2.24) is 30.3 Å². The van der Waals surface area contributed by atoms with Gasteiger partial charge in [-0.2, -0.15) is 4.98 Å². The molecule has 3 aromatic rings. The summed E-state index contributed by atoms with van der Waals surface area (Å²) in [6.45, 7) is 8.74. The summed E-state index contributed by atoms with van der Waals surface area (Å²) in [5.41, 5.74) is 2.22. The maximum Gasteiger partial charge on any atom is 0.248 e. The largest absolute Gasteiger partial charge is 0.357 e. The number of imidazole rings is 1. The van der Waals surface area contributed by atoms with Crippen molar-refractivity contribution in [2.24, 2.45) is 4.99 Å². The van der Waals surface area contributed by atoms with Crippen molar-refractivity contribution in [3.05, 3.63) is 41.8 Å². The van der Waals surface area contributed by atoms with Crippen LogP contribution in [0.25, 0.3) is 11.0 Å². The van der Waals surface area contributed by atoms with E-state index < -0.39 is 0 Å². The lowest BCUT2D eigenvalue weighted by atomic mass is 10.3. The molecule has 2 N–H and O–H groups in total. The first kappa shape index (κ1) is 17.9. The Morgan fingerprint density at radius 3 is 2.81 bits per heavy atom. The first-order valence-electron chi connectivity index (χ1n) is 8.90. The third-order valence-electron chi connectivity index (χ3n) is 3.98. The lowest BCUT2D eigenvalue weighted by Crippen LogP contribution is -2.38. The number of hydrogen-bond acceptors (Lipinski definition) is 5. The number of aliphatic imine (C=N–C) groups is 1. The molecule has 0 bridgehead atoms. The number of guanidine groups is 1. The number of aromatic nitrogens is 4. The van der Waals surface area contributed by atoms with Crippen molar-refractivity contribution < 1.29 is 4.52 Å². The topological polar surface area (TPSA) is 93.2 Å². The molecule has 138 valence electrons. The summed E-state index contributed by atoms with van der Waals surface area (Å²) < 4.78 is 7.34. The molecule has 0 aliphatic rings. The number of benzene rings is 1. The minimum atomic E-state index is 0.363. The van der Waals surface area contributed by atoms with Gasteiger partial charge < -0.3 is 19.7 Å². The quantitative estimate of drug-likeness (QED) is 0.383. The summed E-state index contributed by atoms with van der Waals surface area (Å²) in [6, 6.07) is 8.23. The highest BCUT2D eigenvalue weighted by atomic mass is 16.5. The summed E-state index contributed by atoms with van der Waals surface area (Å²) in [7, 11) is 0. The minimum Gasteiger partial charge on any atom is -0.357 e. The predicted molar refractivity (Wildman–Crippen MR) is 101 cm³/mol. The number of aryl methyl sites for hydroxylation is 3. The van der Waals surface area contributed by atoms with Crippen LogP contribution in [0, 0.1) is 13.8 Å². The summed E-state index contributed by atoms with van der Waals surface area (Å²) in [4.78, 5) is 13.2. The van der Waals surface area contributed by atoms with Crippen LogP contribution in [-0.4, -0.2) is 38.7 Å². The summed E-state index contributed by atoms with van der Waals surface area (Å²) >= 11 is 0. The van der Waals surface area contributed by atoms with Crippen molar-refractivity contribution in [3.63, 3.8) is 0 Å². The van der Waals surface area contributed by atoms with Crippen LogP contribution < -0.4 is 10.6 Å². The molecule has 0 amide bonds. The van der Waals surface area contributed by atoms with E-state index in [0.29, 0.717) is 18.3 Å². The fourth-order valence-corrected chi connectivity index (χ4v) is 2.81. The van der Waals surface area contributed by atoms with Crippen molar-refractivity contribution >= 4 is 17.0 Å². The van der Waals surface area contributed by atoms with Crippen LogP contribution in [0.4, 0.5) is 0 Å². The lowest BCUT2D eigenvalue weighted by molar-refractivity contribution is 0.376. The van der Waals surface area contributed by atoms with Crippen molar-refractivity contribution in [3.8, 4) is 0 Å². The highest BCUT2D eigenvalue weighted by Gasteiger charge is 2.06. The Morgan fingerprint density at radius 1 is 1.19 bits per heavy atom. The van der Waals surface area contributed by atoms with Gasteiger partial charge in [0.1, 0.15) is 12.4 Å². The molecule has 0 aliphatic heterocycles. The van der Waals surface area contributed by atoms with Crippen LogP contribution in [0.2, 0.25) is 0 Å². The standard InChI is InChI=1S/C18H25N7O/c1-4-19-18(21-12-17-22-13(2)24-26-17)20-10-7-11-25-14(3)23-15-8-5-6-9-16(15)25/h5-6,8-9H,4,7,10-12H2,1-3H3,(H2,19,20,21). The molecule has 2 heterocycles. The molecule has 0 saturated carbocycles. The summed E-state index contributed by atoms with van der Waals surface area (Å²) in [5.74, 6) is 2.92. The fraction of sp³-hybridized carbons (Fsp3) is 0.444. The van der Waals surface area contributed by atoms with E-state index in [2.05, 4.69) is 41.4 Å². The molecule has 0 unspecified atom stereocenters. The van der Waals surface area contributed by atoms with Gasteiger partial charge in [0.25, 0.3) is 0 Å². The number of para-hydroxylation sites is 2. The normalized spacial score (nSPS) is 11.9. The molecule has 0 spiro atoms. The Morgan fingerprint density at radius 2 is 2.04 bits per heavy atom. The van der Waals surface area contributed by atoms with E-state index in [1.807, 2.05) is 32.0 Å². The number of fused-ring (bicyclic) bond motifs is 1. The van der Waals surface area contributed by atoms with Gasteiger partial charge in [0, 0.05) is 19.6 Å². The van der Waals surface area contributed by atoms with E-state index in [-0.39, 0.29) is 0 Å². The molecule has 1 aromatic carbocycles. The van der Waals surface area contributed by atoms with E-state index in [1.165, 1.54) is 5.52 Å². The molecule has 8 heteroatoms. The number of hydrogen-bond donors (Lipinski definition) is 2. The number of rotatable bonds is 7. The second kappa shape index (κ2) is 8.46. The average Bonchev–Trinajstić information content (AvgIpc) is 3.19. The van der Waals surface area contributed by atoms with Crippen molar-refractivity contribution in [2.45, 2.75) is 40.3 Å². The molecule has 8 nitrogen and oxygen atoms in total. The Labute approximate surface area is 152 Å². The third-order valence-corrected chi connectivity index (χ3v) is 3.98. The van der Waals surface area contributed by atoms with Gasteiger partial charge in [-0.1, -0.05) is 17.3 Å². The predicted octanol–water partition coefficient (Wildman–Crippen LogP) is 2.18. The molecule has 0 saturated heterocycles. The van der Waals surface area contributed by atoms with Crippen LogP contribution >= 0.6 is 0 Å². The SMILES string of the molecule is CCNC(=NCc1nc(C)no1)NCCCn1c(C)nc2ccccc21. The van der Waals surface area contributed by atoms with Gasteiger partial charge in [-0.15, -0.1) is 0 Å². The first-order chi connectivity index (χ1) is 12.7. The van der Waals surface area contributed by atoms with Gasteiger partial charge in [0.2, 0.25) is 5.89 Å². The van der Waals surface area contributed by atoms with Gasteiger partial charge in [-0.3, -0.25) is 0 Å². The van der Waals surface area contributed by atoms with Gasteiger partial charge >= 0.3 is 0 Å². The third kappa shape index (κ3) is 4.38. The van der Waals surface area contributed by atoms with Crippen LogP contribution in [0.3, 0.4) is 0 Å². The van der Waals surface area contributed by atoms with Crippen LogP contribution in [0.15, 0.2) is 33.8 Å². The Balaban J connectivity index is 1.53.